The Kier molecular flexibility index (Phi) is 3.18. The van der Waals surface area contributed by atoms with E-state index in [-0.39, 0.29) is 5.91 Å². The van der Waals surface area contributed by atoms with E-state index in [9.17, 15) is 4.79 Å². The van der Waals surface area contributed by atoms with Gasteiger partial charge in [-0.1, -0.05) is 28.7 Å². The Balaban J connectivity index is 2.26. The number of carbonyl (C=O) groups excluding carboxylic acids is 1. The predicted molar refractivity (Wildman–Crippen MR) is 49.2 cm³/mol. The molecule has 1 fully saturated rings. The lowest BCUT2D eigenvalue weighted by molar-refractivity contribution is -0.129. The van der Waals surface area contributed by atoms with Crippen LogP contribution in [0.4, 0.5) is 0 Å². The highest BCUT2D eigenvalue weighted by molar-refractivity contribution is 14.1. The smallest absolute Gasteiger partial charge is 0.246 e. The number of nitrogens with zero attached hydrogens (tertiary/aromatic N) is 1. The number of likely N-dealkylation sites (tertiary alicyclic amines) is 1. The predicted octanol–water partition coefficient (Wildman–Crippen LogP) is 1.21. The van der Waals surface area contributed by atoms with Crippen LogP contribution in [0.2, 0.25) is 0 Å². The molecule has 0 N–H and O–H groups in total. The molecule has 0 atom stereocenters. The standard InChI is InChI=1S/C7H10INO/c8-4-1-3-7(10)9-5-2-6-9/h1,3H,2,4-6H2/b3-1+. The highest BCUT2D eigenvalue weighted by atomic mass is 127. The Labute approximate surface area is 74.4 Å². The maximum Gasteiger partial charge on any atom is 0.246 e. The first kappa shape index (κ1) is 8.04. The molecule has 2 nitrogen and oxygen atoms in total. The van der Waals surface area contributed by atoms with E-state index in [4.69, 9.17) is 0 Å². The lowest BCUT2D eigenvalue weighted by atomic mass is 10.2. The fourth-order valence-electron chi connectivity index (χ4n) is 0.787. The Hall–Kier alpha value is -0.0600. The minimum atomic E-state index is 0.169. The number of alkyl halides is 1. The van der Waals surface area contributed by atoms with E-state index in [2.05, 4.69) is 22.6 Å². The topological polar surface area (TPSA) is 20.3 Å². The van der Waals surface area contributed by atoms with E-state index < -0.39 is 0 Å². The molecule has 0 aromatic heterocycles. The van der Waals surface area contributed by atoms with Gasteiger partial charge in [-0.2, -0.15) is 0 Å². The molecule has 0 aliphatic carbocycles. The summed E-state index contributed by atoms with van der Waals surface area (Å²) in [7, 11) is 0. The van der Waals surface area contributed by atoms with Gasteiger partial charge >= 0.3 is 0 Å². The number of carbonyl (C=O) groups is 1. The fraction of sp³-hybridized carbons (Fsp3) is 0.571. The molecule has 1 saturated heterocycles. The number of rotatable bonds is 2. The molecule has 56 valence electrons. The number of hydrogen-bond donors (Lipinski definition) is 0. The van der Waals surface area contributed by atoms with Crippen molar-refractivity contribution in [2.24, 2.45) is 0 Å². The van der Waals surface area contributed by atoms with Crippen LogP contribution in [0.3, 0.4) is 0 Å². The van der Waals surface area contributed by atoms with E-state index >= 15 is 0 Å². The summed E-state index contributed by atoms with van der Waals surface area (Å²) in [5.41, 5.74) is 0. The molecule has 1 amide bonds. The number of halogens is 1. The summed E-state index contributed by atoms with van der Waals surface area (Å²) in [6.07, 6.45) is 4.72. The molecular formula is C7H10INO. The van der Waals surface area contributed by atoms with Gasteiger partial charge in [0.05, 0.1) is 0 Å². The van der Waals surface area contributed by atoms with Crippen molar-refractivity contribution >= 4 is 28.5 Å². The summed E-state index contributed by atoms with van der Waals surface area (Å²) in [6, 6.07) is 0. The molecule has 0 bridgehead atoms. The molecule has 0 unspecified atom stereocenters. The van der Waals surface area contributed by atoms with Gasteiger partial charge in [0.25, 0.3) is 0 Å². The van der Waals surface area contributed by atoms with Gasteiger partial charge in [-0.25, -0.2) is 0 Å². The van der Waals surface area contributed by atoms with Crippen LogP contribution in [0.15, 0.2) is 12.2 Å². The van der Waals surface area contributed by atoms with Crippen molar-refractivity contribution in [2.75, 3.05) is 17.5 Å². The second-order valence-electron chi connectivity index (χ2n) is 2.24. The summed E-state index contributed by atoms with van der Waals surface area (Å²) in [5, 5.41) is 0. The summed E-state index contributed by atoms with van der Waals surface area (Å²) < 4.78 is 0.914. The van der Waals surface area contributed by atoms with E-state index in [1.165, 1.54) is 6.42 Å². The number of allylic oxidation sites excluding steroid dienone is 1. The largest absolute Gasteiger partial charge is 0.339 e. The van der Waals surface area contributed by atoms with Crippen molar-refractivity contribution in [3.8, 4) is 0 Å². The zero-order valence-corrected chi connectivity index (χ0v) is 7.87. The van der Waals surface area contributed by atoms with Crippen LogP contribution in [-0.2, 0) is 4.79 Å². The van der Waals surface area contributed by atoms with Crippen molar-refractivity contribution in [2.45, 2.75) is 6.42 Å². The molecule has 1 aliphatic heterocycles. The zero-order valence-electron chi connectivity index (χ0n) is 5.72. The Morgan fingerprint density at radius 1 is 1.60 bits per heavy atom. The third kappa shape index (κ3) is 1.97. The first-order valence-corrected chi connectivity index (χ1v) is 4.88. The van der Waals surface area contributed by atoms with Gasteiger partial charge < -0.3 is 4.90 Å². The summed E-state index contributed by atoms with van der Waals surface area (Å²) >= 11 is 2.22. The minimum Gasteiger partial charge on any atom is -0.339 e. The Morgan fingerprint density at radius 2 is 2.30 bits per heavy atom. The van der Waals surface area contributed by atoms with E-state index in [1.54, 1.807) is 6.08 Å². The van der Waals surface area contributed by atoms with Crippen molar-refractivity contribution in [3.63, 3.8) is 0 Å². The maximum absolute atomic E-state index is 11.0. The molecule has 10 heavy (non-hydrogen) atoms. The van der Waals surface area contributed by atoms with Crippen LogP contribution < -0.4 is 0 Å². The second-order valence-corrected chi connectivity index (χ2v) is 3.12. The second kappa shape index (κ2) is 3.95. The summed E-state index contributed by atoms with van der Waals surface area (Å²) in [5.74, 6) is 0.169. The van der Waals surface area contributed by atoms with Crippen molar-refractivity contribution in [1.82, 2.24) is 4.90 Å². The van der Waals surface area contributed by atoms with Crippen LogP contribution in [-0.4, -0.2) is 28.3 Å². The third-order valence-corrected chi connectivity index (χ3v) is 2.03. The number of amides is 1. The van der Waals surface area contributed by atoms with Gasteiger partial charge in [0, 0.05) is 17.5 Å². The van der Waals surface area contributed by atoms with Crippen molar-refractivity contribution in [3.05, 3.63) is 12.2 Å². The maximum atomic E-state index is 11.0. The SMILES string of the molecule is O=C(/C=C/CI)N1CCC1. The van der Waals surface area contributed by atoms with Crippen LogP contribution in [0.5, 0.6) is 0 Å². The highest BCUT2D eigenvalue weighted by Crippen LogP contribution is 2.05. The molecule has 0 spiro atoms. The molecule has 0 radical (unpaired) electrons. The van der Waals surface area contributed by atoms with Gasteiger partial charge in [-0.05, 0) is 12.5 Å². The van der Waals surface area contributed by atoms with Gasteiger partial charge in [-0.3, -0.25) is 4.79 Å². The molecule has 0 saturated carbocycles. The summed E-state index contributed by atoms with van der Waals surface area (Å²) in [4.78, 5) is 12.9. The normalized spacial score (nSPS) is 17.5. The van der Waals surface area contributed by atoms with E-state index in [0.717, 1.165) is 17.5 Å². The van der Waals surface area contributed by atoms with Gasteiger partial charge in [0.15, 0.2) is 0 Å². The zero-order chi connectivity index (χ0) is 7.40. The highest BCUT2D eigenvalue weighted by Gasteiger charge is 2.16. The molecule has 1 rings (SSSR count). The quantitative estimate of drug-likeness (QED) is 0.410. The van der Waals surface area contributed by atoms with Gasteiger partial charge in [-0.15, -0.1) is 0 Å². The minimum absolute atomic E-state index is 0.169. The average Bonchev–Trinajstić information content (AvgIpc) is 1.79. The van der Waals surface area contributed by atoms with Crippen LogP contribution in [0.25, 0.3) is 0 Å². The van der Waals surface area contributed by atoms with Gasteiger partial charge in [0.2, 0.25) is 5.91 Å². The fourth-order valence-corrected chi connectivity index (χ4v) is 1.04. The molecular weight excluding hydrogens is 241 g/mol. The lowest BCUT2D eigenvalue weighted by Crippen LogP contribution is -2.41. The van der Waals surface area contributed by atoms with Crippen LogP contribution in [0, 0.1) is 0 Å². The monoisotopic (exact) mass is 251 g/mol. The average molecular weight is 251 g/mol. The third-order valence-electron chi connectivity index (χ3n) is 1.52. The molecule has 1 heterocycles. The van der Waals surface area contributed by atoms with Crippen LogP contribution in [0.1, 0.15) is 6.42 Å². The van der Waals surface area contributed by atoms with Crippen molar-refractivity contribution in [1.29, 1.82) is 0 Å². The number of hydrogen-bond acceptors (Lipinski definition) is 1. The Morgan fingerprint density at radius 3 is 2.70 bits per heavy atom. The van der Waals surface area contributed by atoms with Crippen molar-refractivity contribution < 1.29 is 4.79 Å². The molecule has 0 aromatic rings. The van der Waals surface area contributed by atoms with Gasteiger partial charge in [0.1, 0.15) is 0 Å². The first-order chi connectivity index (χ1) is 4.84. The van der Waals surface area contributed by atoms with E-state index in [1.807, 2.05) is 11.0 Å². The van der Waals surface area contributed by atoms with Crippen LogP contribution >= 0.6 is 22.6 Å². The lowest BCUT2D eigenvalue weighted by Gasteiger charge is -2.29. The summed E-state index contributed by atoms with van der Waals surface area (Å²) in [6.45, 7) is 1.90. The first-order valence-electron chi connectivity index (χ1n) is 3.36. The molecule has 0 aromatic carbocycles. The molecule has 3 heteroatoms. The molecule has 1 aliphatic rings. The van der Waals surface area contributed by atoms with E-state index in [0.29, 0.717) is 0 Å². The Bertz CT molecular complexity index is 152.